The molecular weight excluding hydrogens is 378 g/mol. The minimum absolute atomic E-state index is 0.000312. The summed E-state index contributed by atoms with van der Waals surface area (Å²) in [6.07, 6.45) is 5.32. The number of rotatable bonds is 5. The molecule has 2 fully saturated rings. The Hall–Kier alpha value is -2.82. The van der Waals surface area contributed by atoms with Crippen molar-refractivity contribution >= 4 is 12.1 Å². The Bertz CT molecular complexity index is 939. The van der Waals surface area contributed by atoms with Crippen molar-refractivity contribution in [3.8, 4) is 11.1 Å². The van der Waals surface area contributed by atoms with Gasteiger partial charge >= 0.3 is 12.1 Å². The number of alkyl carbamates (subject to hydrolysis) is 1. The van der Waals surface area contributed by atoms with Crippen LogP contribution >= 0.6 is 0 Å². The molecule has 0 aliphatic heterocycles. The zero-order chi connectivity index (χ0) is 20.8. The van der Waals surface area contributed by atoms with E-state index in [-0.39, 0.29) is 18.9 Å². The van der Waals surface area contributed by atoms with Gasteiger partial charge in [0.15, 0.2) is 0 Å². The van der Waals surface area contributed by atoms with E-state index in [1.54, 1.807) is 0 Å². The van der Waals surface area contributed by atoms with E-state index in [0.717, 1.165) is 12.8 Å². The summed E-state index contributed by atoms with van der Waals surface area (Å²) in [6, 6.07) is 16.4. The minimum Gasteiger partial charge on any atom is -0.481 e. The molecule has 2 N–H and O–H groups in total. The first kappa shape index (κ1) is 19.2. The van der Waals surface area contributed by atoms with E-state index in [1.165, 1.54) is 35.1 Å². The first-order chi connectivity index (χ1) is 14.5. The summed E-state index contributed by atoms with van der Waals surface area (Å²) in [7, 11) is 0. The number of carboxylic acids is 1. The van der Waals surface area contributed by atoms with Crippen molar-refractivity contribution in [1.82, 2.24) is 5.32 Å². The third-order valence-electron chi connectivity index (χ3n) is 7.43. The van der Waals surface area contributed by atoms with Gasteiger partial charge in [0.1, 0.15) is 6.61 Å². The van der Waals surface area contributed by atoms with Crippen LogP contribution in [0.5, 0.6) is 0 Å². The average molecular weight is 405 g/mol. The lowest BCUT2D eigenvalue weighted by Crippen LogP contribution is -2.52. The molecule has 1 amide bonds. The summed E-state index contributed by atoms with van der Waals surface area (Å²) in [5.74, 6) is -0.875. The molecule has 5 rings (SSSR count). The Morgan fingerprint density at radius 1 is 0.900 bits per heavy atom. The fraction of sp³-hybridized carbons (Fsp3) is 0.440. The van der Waals surface area contributed by atoms with Crippen molar-refractivity contribution in [1.29, 1.82) is 0 Å². The molecule has 0 bridgehead atoms. The molecule has 1 spiro atoms. The van der Waals surface area contributed by atoms with Crippen LogP contribution in [0.2, 0.25) is 0 Å². The van der Waals surface area contributed by atoms with Gasteiger partial charge in [0.25, 0.3) is 0 Å². The van der Waals surface area contributed by atoms with Crippen LogP contribution in [0.1, 0.15) is 62.0 Å². The SMILES string of the molecule is O=C(O)CC1(NC(=O)OCC2c3ccccc3-c3ccccc32)CCC2(CC2)CC1. The van der Waals surface area contributed by atoms with Crippen LogP contribution in [0, 0.1) is 5.41 Å². The summed E-state index contributed by atoms with van der Waals surface area (Å²) in [6.45, 7) is 0.243. The predicted octanol–water partition coefficient (Wildman–Crippen LogP) is 5.09. The van der Waals surface area contributed by atoms with E-state index in [2.05, 4.69) is 29.6 Å². The molecule has 30 heavy (non-hydrogen) atoms. The van der Waals surface area contributed by atoms with Gasteiger partial charge < -0.3 is 15.2 Å². The third-order valence-corrected chi connectivity index (χ3v) is 7.43. The molecule has 2 aromatic rings. The van der Waals surface area contributed by atoms with E-state index in [0.29, 0.717) is 18.3 Å². The van der Waals surface area contributed by atoms with Crippen molar-refractivity contribution in [2.45, 2.75) is 56.4 Å². The highest BCUT2D eigenvalue weighted by Crippen LogP contribution is 2.58. The van der Waals surface area contributed by atoms with Crippen molar-refractivity contribution in [2.75, 3.05) is 6.61 Å². The molecule has 0 atom stereocenters. The lowest BCUT2D eigenvalue weighted by atomic mass is 9.73. The minimum atomic E-state index is -0.874. The number of benzene rings is 2. The van der Waals surface area contributed by atoms with Crippen LogP contribution in [0.4, 0.5) is 4.79 Å². The van der Waals surface area contributed by atoms with Gasteiger partial charge in [0.05, 0.1) is 12.0 Å². The molecule has 0 saturated heterocycles. The first-order valence-corrected chi connectivity index (χ1v) is 10.8. The van der Waals surface area contributed by atoms with Crippen molar-refractivity contribution in [2.24, 2.45) is 5.41 Å². The van der Waals surface area contributed by atoms with Gasteiger partial charge in [-0.15, -0.1) is 0 Å². The van der Waals surface area contributed by atoms with Crippen LogP contribution in [0.25, 0.3) is 11.1 Å². The monoisotopic (exact) mass is 405 g/mol. The molecular formula is C25H27NO4. The number of hydrogen-bond acceptors (Lipinski definition) is 3. The van der Waals surface area contributed by atoms with Crippen LogP contribution in [0.3, 0.4) is 0 Å². The van der Waals surface area contributed by atoms with Gasteiger partial charge in [-0.25, -0.2) is 4.79 Å². The fourth-order valence-electron chi connectivity index (χ4n) is 5.42. The van der Waals surface area contributed by atoms with Crippen LogP contribution < -0.4 is 5.32 Å². The topological polar surface area (TPSA) is 75.6 Å². The maximum atomic E-state index is 12.7. The van der Waals surface area contributed by atoms with Gasteiger partial charge in [-0.05, 0) is 66.2 Å². The van der Waals surface area contributed by atoms with E-state index < -0.39 is 17.6 Å². The van der Waals surface area contributed by atoms with Crippen LogP contribution in [-0.4, -0.2) is 29.3 Å². The zero-order valence-electron chi connectivity index (χ0n) is 17.0. The molecule has 156 valence electrons. The molecule has 3 aliphatic rings. The van der Waals surface area contributed by atoms with Gasteiger partial charge in [-0.2, -0.15) is 0 Å². The summed E-state index contributed by atoms with van der Waals surface area (Å²) in [5, 5.41) is 12.4. The Labute approximate surface area is 176 Å². The number of carbonyl (C=O) groups is 2. The summed E-state index contributed by atoms with van der Waals surface area (Å²) < 4.78 is 5.67. The largest absolute Gasteiger partial charge is 0.481 e. The van der Waals surface area contributed by atoms with Gasteiger partial charge in [-0.1, -0.05) is 48.5 Å². The Morgan fingerprint density at radius 2 is 1.43 bits per heavy atom. The molecule has 0 radical (unpaired) electrons. The standard InChI is InChI=1S/C25H27NO4/c27-22(28)15-25(13-11-24(9-10-24)12-14-25)26-23(29)30-16-21-19-7-3-1-5-17(19)18-6-2-4-8-20(18)21/h1-8,21H,9-16H2,(H,26,29)(H,27,28). The van der Waals surface area contributed by atoms with E-state index in [1.807, 2.05) is 24.3 Å². The maximum absolute atomic E-state index is 12.7. The van der Waals surface area contributed by atoms with E-state index in [4.69, 9.17) is 4.74 Å². The highest BCUT2D eigenvalue weighted by atomic mass is 16.5. The first-order valence-electron chi connectivity index (χ1n) is 10.8. The van der Waals surface area contributed by atoms with Crippen molar-refractivity contribution in [3.05, 3.63) is 59.7 Å². The number of carboxylic acid groups (broad SMARTS) is 1. The fourth-order valence-corrected chi connectivity index (χ4v) is 5.42. The Morgan fingerprint density at radius 3 is 1.97 bits per heavy atom. The Kier molecular flexibility index (Phi) is 4.57. The van der Waals surface area contributed by atoms with Gasteiger partial charge in [-0.3, -0.25) is 4.79 Å². The second-order valence-corrected chi connectivity index (χ2v) is 9.30. The summed E-state index contributed by atoms with van der Waals surface area (Å²) >= 11 is 0. The highest BCUT2D eigenvalue weighted by molar-refractivity contribution is 5.79. The second kappa shape index (κ2) is 7.15. The molecule has 0 heterocycles. The van der Waals surface area contributed by atoms with Crippen LogP contribution in [-0.2, 0) is 9.53 Å². The number of hydrogen-bond donors (Lipinski definition) is 2. The molecule has 3 aliphatic carbocycles. The number of aliphatic carboxylic acids is 1. The highest BCUT2D eigenvalue weighted by Gasteiger charge is 2.50. The predicted molar refractivity (Wildman–Crippen MR) is 113 cm³/mol. The molecule has 5 nitrogen and oxygen atoms in total. The Balaban J connectivity index is 1.28. The molecule has 2 saturated carbocycles. The third kappa shape index (κ3) is 3.47. The number of amides is 1. The van der Waals surface area contributed by atoms with Gasteiger partial charge in [0.2, 0.25) is 0 Å². The smallest absolute Gasteiger partial charge is 0.407 e. The lowest BCUT2D eigenvalue weighted by Gasteiger charge is -2.40. The average Bonchev–Trinajstić information content (AvgIpc) is 3.43. The number of nitrogens with one attached hydrogen (secondary N) is 1. The quantitative estimate of drug-likeness (QED) is 0.726. The number of ether oxygens (including phenoxy) is 1. The van der Waals surface area contributed by atoms with Crippen molar-refractivity contribution in [3.63, 3.8) is 0 Å². The molecule has 0 aromatic heterocycles. The summed E-state index contributed by atoms with van der Waals surface area (Å²) in [4.78, 5) is 24.2. The molecule has 5 heteroatoms. The second-order valence-electron chi connectivity index (χ2n) is 9.30. The van der Waals surface area contributed by atoms with Crippen LogP contribution in [0.15, 0.2) is 48.5 Å². The lowest BCUT2D eigenvalue weighted by molar-refractivity contribution is -0.139. The normalized spacial score (nSPS) is 20.3. The van der Waals surface area contributed by atoms with E-state index in [9.17, 15) is 14.7 Å². The van der Waals surface area contributed by atoms with Crippen molar-refractivity contribution < 1.29 is 19.4 Å². The molecule has 2 aromatic carbocycles. The number of carbonyl (C=O) groups excluding carboxylic acids is 1. The summed E-state index contributed by atoms with van der Waals surface area (Å²) in [5.41, 5.74) is 4.44. The molecule has 0 unspecified atom stereocenters. The van der Waals surface area contributed by atoms with E-state index >= 15 is 0 Å². The zero-order valence-corrected chi connectivity index (χ0v) is 17.0. The maximum Gasteiger partial charge on any atom is 0.407 e. The van der Waals surface area contributed by atoms with Gasteiger partial charge in [0, 0.05) is 5.92 Å². The number of fused-ring (bicyclic) bond motifs is 3.